The lowest BCUT2D eigenvalue weighted by molar-refractivity contribution is -0.287. The summed E-state index contributed by atoms with van der Waals surface area (Å²) in [4.78, 5) is 0. The van der Waals surface area contributed by atoms with Gasteiger partial charge in [-0.1, -0.05) is 18.2 Å². The second-order valence-electron chi connectivity index (χ2n) is 3.81. The predicted octanol–water partition coefficient (Wildman–Crippen LogP) is 2.97. The molecule has 0 spiro atoms. The summed E-state index contributed by atoms with van der Waals surface area (Å²) in [7, 11) is 0. The van der Waals surface area contributed by atoms with Crippen molar-refractivity contribution in [3.05, 3.63) is 36.4 Å². The van der Waals surface area contributed by atoms with Gasteiger partial charge >= 0.3 is 6.29 Å². The maximum atomic E-state index is 12.9. The molecular weight excluding hydrogens is 228 g/mol. The average Bonchev–Trinajstić information content (AvgIpc) is 2.59. The first-order valence-electron chi connectivity index (χ1n) is 5.29. The molecule has 0 aliphatic carbocycles. The average molecular weight is 241 g/mol. The number of benzene rings is 1. The monoisotopic (exact) mass is 241 g/mol. The van der Waals surface area contributed by atoms with Gasteiger partial charge < -0.3 is 15.2 Å². The van der Waals surface area contributed by atoms with E-state index < -0.39 is 6.29 Å². The van der Waals surface area contributed by atoms with Crippen molar-refractivity contribution in [1.29, 1.82) is 0 Å². The van der Waals surface area contributed by atoms with Crippen molar-refractivity contribution in [1.82, 2.24) is 0 Å². The van der Waals surface area contributed by atoms with E-state index in [1.54, 1.807) is 18.2 Å². The molecule has 0 fully saturated rings. The fourth-order valence-corrected chi connectivity index (χ4v) is 1.73. The van der Waals surface area contributed by atoms with Crippen LogP contribution in [0.15, 0.2) is 30.9 Å². The number of hydrogen-bond donors (Lipinski definition) is 1. The Morgan fingerprint density at radius 3 is 2.88 bits per heavy atom. The highest BCUT2D eigenvalue weighted by molar-refractivity contribution is 5.50. The molecule has 1 heterocycles. The summed E-state index contributed by atoms with van der Waals surface area (Å²) in [5, 5.41) is 0. The van der Waals surface area contributed by atoms with Crippen LogP contribution in [-0.2, 0) is 0 Å². The molecule has 3 nitrogen and oxygen atoms in total. The van der Waals surface area contributed by atoms with Gasteiger partial charge in [0.05, 0.1) is 0 Å². The Morgan fingerprint density at radius 1 is 1.41 bits per heavy atom. The summed E-state index contributed by atoms with van der Waals surface area (Å²) in [5.74, 6) is 0.0654. The van der Waals surface area contributed by atoms with Crippen molar-refractivity contribution in [2.45, 2.75) is 25.2 Å². The van der Waals surface area contributed by atoms with Crippen LogP contribution < -0.4 is 15.2 Å². The largest absolute Gasteiger partial charge is 0.586 e. The highest BCUT2D eigenvalue weighted by atomic mass is 19.3. The number of nitrogens with two attached hydrogens (primary N) is 1. The van der Waals surface area contributed by atoms with E-state index in [-0.39, 0.29) is 17.5 Å². The predicted molar refractivity (Wildman–Crippen MR) is 59.0 cm³/mol. The number of alkyl halides is 2. The van der Waals surface area contributed by atoms with Crippen LogP contribution >= 0.6 is 0 Å². The van der Waals surface area contributed by atoms with Crippen molar-refractivity contribution in [2.24, 2.45) is 5.73 Å². The molecule has 0 aromatic heterocycles. The van der Waals surface area contributed by atoms with Crippen molar-refractivity contribution >= 4 is 0 Å². The topological polar surface area (TPSA) is 44.5 Å². The van der Waals surface area contributed by atoms with Gasteiger partial charge in [-0.15, -0.1) is 15.4 Å². The molecule has 2 N–H and O–H groups in total. The molecule has 17 heavy (non-hydrogen) atoms. The minimum atomic E-state index is -3.60. The van der Waals surface area contributed by atoms with Gasteiger partial charge in [-0.25, -0.2) is 0 Å². The van der Waals surface area contributed by atoms with Crippen LogP contribution in [0, 0.1) is 0 Å². The molecule has 1 atom stereocenters. The molecule has 0 bridgehead atoms. The van der Waals surface area contributed by atoms with Gasteiger partial charge in [-0.05, 0) is 18.9 Å². The first kappa shape index (κ1) is 11.9. The third kappa shape index (κ3) is 2.39. The Balaban J connectivity index is 2.26. The van der Waals surface area contributed by atoms with Crippen LogP contribution in [0.2, 0.25) is 0 Å². The quantitative estimate of drug-likeness (QED) is 0.824. The summed E-state index contributed by atoms with van der Waals surface area (Å²) in [6.07, 6.45) is -0.539. The van der Waals surface area contributed by atoms with Crippen molar-refractivity contribution < 1.29 is 18.3 Å². The van der Waals surface area contributed by atoms with E-state index in [0.29, 0.717) is 18.4 Å². The second kappa shape index (κ2) is 4.33. The lowest BCUT2D eigenvalue weighted by Crippen LogP contribution is -2.26. The lowest BCUT2D eigenvalue weighted by atomic mass is 10.0. The molecule has 0 saturated carbocycles. The van der Waals surface area contributed by atoms with Crippen molar-refractivity contribution in [2.75, 3.05) is 0 Å². The summed E-state index contributed by atoms with van der Waals surface area (Å²) >= 11 is 0. The molecule has 1 aliphatic heterocycles. The van der Waals surface area contributed by atoms with Gasteiger partial charge in [0.1, 0.15) is 0 Å². The fraction of sp³-hybridized carbons (Fsp3) is 0.333. The molecule has 1 aliphatic rings. The molecule has 2 rings (SSSR count). The van der Waals surface area contributed by atoms with E-state index in [0.717, 1.165) is 0 Å². The zero-order valence-electron chi connectivity index (χ0n) is 9.16. The molecule has 1 aromatic carbocycles. The number of ether oxygens (including phenoxy) is 2. The normalized spacial score (nSPS) is 17.8. The Hall–Kier alpha value is -1.62. The Morgan fingerprint density at radius 2 is 2.18 bits per heavy atom. The standard InChI is InChI=1S/C12H13F2NO2/c1-2-3-6-9(15)8-5-4-7-10-11(8)17-12(13,14)16-10/h2,4-5,7,9H,1,3,6,15H2/t9-/m1/s1. The van der Waals surface area contributed by atoms with Crippen LogP contribution in [0.5, 0.6) is 11.5 Å². The maximum absolute atomic E-state index is 12.9. The van der Waals surface area contributed by atoms with Gasteiger partial charge in [0.15, 0.2) is 11.5 Å². The summed E-state index contributed by atoms with van der Waals surface area (Å²) < 4.78 is 34.7. The van der Waals surface area contributed by atoms with Crippen LogP contribution in [0.4, 0.5) is 8.78 Å². The Bertz CT molecular complexity index is 435. The van der Waals surface area contributed by atoms with Crippen LogP contribution in [0.1, 0.15) is 24.4 Å². The van der Waals surface area contributed by atoms with Gasteiger partial charge in [0, 0.05) is 11.6 Å². The zero-order valence-corrected chi connectivity index (χ0v) is 9.16. The van der Waals surface area contributed by atoms with Crippen LogP contribution in [0.3, 0.4) is 0 Å². The molecule has 0 radical (unpaired) electrons. The zero-order chi connectivity index (χ0) is 12.5. The van der Waals surface area contributed by atoms with Gasteiger partial charge in [0.2, 0.25) is 0 Å². The summed E-state index contributed by atoms with van der Waals surface area (Å²) in [6, 6.07) is 4.34. The molecule has 0 saturated heterocycles. The van der Waals surface area contributed by atoms with Gasteiger partial charge in [-0.2, -0.15) is 0 Å². The first-order valence-corrected chi connectivity index (χ1v) is 5.29. The molecule has 0 unspecified atom stereocenters. The summed E-state index contributed by atoms with van der Waals surface area (Å²) in [5.41, 5.74) is 6.44. The van der Waals surface area contributed by atoms with E-state index in [1.165, 1.54) is 6.07 Å². The number of halogens is 2. The number of rotatable bonds is 4. The fourth-order valence-electron chi connectivity index (χ4n) is 1.73. The minimum absolute atomic E-state index is 0.0292. The SMILES string of the molecule is C=CCC[C@@H](N)c1cccc2c1OC(F)(F)O2. The van der Waals surface area contributed by atoms with Gasteiger partial charge in [0.25, 0.3) is 0 Å². The number of para-hydroxylation sites is 1. The minimum Gasteiger partial charge on any atom is -0.395 e. The van der Waals surface area contributed by atoms with E-state index in [2.05, 4.69) is 16.1 Å². The van der Waals surface area contributed by atoms with E-state index in [1.807, 2.05) is 0 Å². The first-order chi connectivity index (χ1) is 8.03. The number of hydrogen-bond acceptors (Lipinski definition) is 3. The lowest BCUT2D eigenvalue weighted by Gasteiger charge is -2.13. The van der Waals surface area contributed by atoms with Crippen LogP contribution in [-0.4, -0.2) is 6.29 Å². The molecule has 0 amide bonds. The van der Waals surface area contributed by atoms with E-state index in [4.69, 9.17) is 5.73 Å². The molecule has 1 aromatic rings. The smallest absolute Gasteiger partial charge is 0.395 e. The highest BCUT2D eigenvalue weighted by Crippen LogP contribution is 2.45. The number of fused-ring (bicyclic) bond motifs is 1. The van der Waals surface area contributed by atoms with Crippen molar-refractivity contribution in [3.8, 4) is 11.5 Å². The van der Waals surface area contributed by atoms with Gasteiger partial charge in [-0.3, -0.25) is 0 Å². The maximum Gasteiger partial charge on any atom is 0.586 e. The molecule has 92 valence electrons. The van der Waals surface area contributed by atoms with E-state index >= 15 is 0 Å². The Kier molecular flexibility index (Phi) is 3.02. The number of allylic oxidation sites excluding steroid dienone is 1. The molecular formula is C12H13F2NO2. The third-order valence-corrected chi connectivity index (χ3v) is 2.54. The second-order valence-corrected chi connectivity index (χ2v) is 3.81. The summed E-state index contributed by atoms with van der Waals surface area (Å²) in [6.45, 7) is 3.59. The van der Waals surface area contributed by atoms with Crippen molar-refractivity contribution in [3.63, 3.8) is 0 Å². The Labute approximate surface area is 97.8 Å². The third-order valence-electron chi connectivity index (χ3n) is 2.54. The van der Waals surface area contributed by atoms with Crippen LogP contribution in [0.25, 0.3) is 0 Å². The molecule has 5 heteroatoms. The highest BCUT2D eigenvalue weighted by Gasteiger charge is 2.44. The van der Waals surface area contributed by atoms with E-state index in [9.17, 15) is 8.78 Å².